The van der Waals surface area contributed by atoms with Crippen LogP contribution in [0, 0.1) is 34.5 Å². The Balaban J connectivity index is 1.37. The number of ether oxygens (including phenoxy) is 3. The highest BCUT2D eigenvalue weighted by atomic mass is 16.7. The van der Waals surface area contributed by atoms with Gasteiger partial charge in [0.2, 0.25) is 0 Å². The molecule has 4 saturated carbocycles. The molecule has 1 aliphatic heterocycles. The van der Waals surface area contributed by atoms with Crippen molar-refractivity contribution >= 4 is 5.97 Å². The summed E-state index contributed by atoms with van der Waals surface area (Å²) in [4.78, 5) is 11.6. The monoisotopic (exact) mass is 376 g/mol. The van der Waals surface area contributed by atoms with E-state index >= 15 is 0 Å². The molecule has 0 aromatic carbocycles. The minimum atomic E-state index is -0.256. The number of carbonyl (C=O) groups is 1. The highest BCUT2D eigenvalue weighted by Gasteiger charge is 2.62. The fraction of sp³-hybridized carbons (Fsp3) is 0.957. The van der Waals surface area contributed by atoms with E-state index in [2.05, 4.69) is 13.8 Å². The van der Waals surface area contributed by atoms with E-state index in [1.54, 1.807) is 6.92 Å². The number of fused-ring (bicyclic) bond motifs is 5. The lowest BCUT2D eigenvalue weighted by Crippen LogP contribution is -2.56. The summed E-state index contributed by atoms with van der Waals surface area (Å²) in [6.07, 6.45) is 11.0. The zero-order valence-corrected chi connectivity index (χ0v) is 17.3. The van der Waals surface area contributed by atoms with Gasteiger partial charge < -0.3 is 14.2 Å². The van der Waals surface area contributed by atoms with Crippen LogP contribution in [0.2, 0.25) is 0 Å². The smallest absolute Gasteiger partial charge is 0.302 e. The van der Waals surface area contributed by atoms with Crippen molar-refractivity contribution < 1.29 is 19.0 Å². The Kier molecular flexibility index (Phi) is 4.22. The molecule has 1 heterocycles. The molecule has 0 bridgehead atoms. The van der Waals surface area contributed by atoms with Crippen molar-refractivity contribution in [2.24, 2.45) is 34.5 Å². The molecule has 27 heavy (non-hydrogen) atoms. The molecule has 0 aromatic rings. The van der Waals surface area contributed by atoms with Crippen LogP contribution in [0.3, 0.4) is 0 Å². The highest BCUT2D eigenvalue weighted by molar-refractivity contribution is 5.66. The molecule has 5 rings (SSSR count). The lowest BCUT2D eigenvalue weighted by molar-refractivity contribution is -0.230. The Labute approximate surface area is 163 Å². The number of hydrogen-bond donors (Lipinski definition) is 0. The number of esters is 1. The van der Waals surface area contributed by atoms with Crippen LogP contribution in [0.5, 0.6) is 0 Å². The van der Waals surface area contributed by atoms with Crippen molar-refractivity contribution in [3.05, 3.63) is 0 Å². The van der Waals surface area contributed by atoms with E-state index in [9.17, 15) is 4.79 Å². The molecule has 152 valence electrons. The Morgan fingerprint density at radius 2 is 1.63 bits per heavy atom. The van der Waals surface area contributed by atoms with Crippen LogP contribution >= 0.6 is 0 Å². The summed E-state index contributed by atoms with van der Waals surface area (Å²) in [7, 11) is 0. The molecule has 0 radical (unpaired) electrons. The molecule has 4 heteroatoms. The zero-order chi connectivity index (χ0) is 18.9. The van der Waals surface area contributed by atoms with Gasteiger partial charge in [-0.15, -0.1) is 0 Å². The lowest BCUT2D eigenvalue weighted by Gasteiger charge is -2.61. The van der Waals surface area contributed by atoms with Crippen molar-refractivity contribution in [1.82, 2.24) is 0 Å². The molecule has 7 atom stereocenters. The first-order chi connectivity index (χ1) is 12.9. The Hall–Kier alpha value is -0.610. The van der Waals surface area contributed by atoms with Crippen molar-refractivity contribution in [2.45, 2.75) is 90.4 Å². The topological polar surface area (TPSA) is 44.8 Å². The molecule has 1 saturated heterocycles. The third-order valence-corrected chi connectivity index (χ3v) is 9.70. The van der Waals surface area contributed by atoms with Gasteiger partial charge in [-0.1, -0.05) is 13.8 Å². The molecule has 0 amide bonds. The van der Waals surface area contributed by atoms with Gasteiger partial charge in [0.15, 0.2) is 5.79 Å². The Morgan fingerprint density at radius 1 is 0.889 bits per heavy atom. The van der Waals surface area contributed by atoms with Crippen molar-refractivity contribution in [1.29, 1.82) is 0 Å². The van der Waals surface area contributed by atoms with Crippen LogP contribution in [-0.2, 0) is 19.0 Å². The summed E-state index contributed by atoms with van der Waals surface area (Å²) in [6, 6.07) is 0. The molecule has 0 aromatic heterocycles. The first-order valence-corrected chi connectivity index (χ1v) is 11.3. The van der Waals surface area contributed by atoms with E-state index in [4.69, 9.17) is 14.2 Å². The van der Waals surface area contributed by atoms with Crippen LogP contribution in [0.25, 0.3) is 0 Å². The van der Waals surface area contributed by atoms with Crippen molar-refractivity contribution in [3.8, 4) is 0 Å². The van der Waals surface area contributed by atoms with Gasteiger partial charge in [-0.05, 0) is 74.0 Å². The highest BCUT2D eigenvalue weighted by Crippen LogP contribution is 2.67. The quantitative estimate of drug-likeness (QED) is 0.622. The predicted octanol–water partition coefficient (Wildman–Crippen LogP) is 4.70. The van der Waals surface area contributed by atoms with E-state index < -0.39 is 0 Å². The van der Waals surface area contributed by atoms with Crippen molar-refractivity contribution in [2.75, 3.05) is 13.2 Å². The molecule has 0 unspecified atom stereocenters. The van der Waals surface area contributed by atoms with E-state index in [-0.39, 0.29) is 23.3 Å². The van der Waals surface area contributed by atoms with Crippen LogP contribution < -0.4 is 0 Å². The number of hydrogen-bond acceptors (Lipinski definition) is 4. The fourth-order valence-corrected chi connectivity index (χ4v) is 8.30. The van der Waals surface area contributed by atoms with Gasteiger partial charge in [0.05, 0.1) is 13.2 Å². The van der Waals surface area contributed by atoms with Crippen LogP contribution in [0.15, 0.2) is 0 Å². The largest absolute Gasteiger partial charge is 0.462 e. The molecule has 5 aliphatic rings. The van der Waals surface area contributed by atoms with Gasteiger partial charge in [0.25, 0.3) is 0 Å². The second-order valence-corrected chi connectivity index (χ2v) is 10.7. The van der Waals surface area contributed by atoms with E-state index in [0.717, 1.165) is 56.1 Å². The third-order valence-electron chi connectivity index (χ3n) is 9.70. The second-order valence-electron chi connectivity index (χ2n) is 10.7. The summed E-state index contributed by atoms with van der Waals surface area (Å²) in [5, 5.41) is 0. The third kappa shape index (κ3) is 2.65. The number of carbonyl (C=O) groups excluding carboxylic acids is 1. The maximum Gasteiger partial charge on any atom is 0.302 e. The first-order valence-electron chi connectivity index (χ1n) is 11.3. The van der Waals surface area contributed by atoms with E-state index in [1.807, 2.05) is 0 Å². The van der Waals surface area contributed by atoms with Gasteiger partial charge in [0, 0.05) is 25.2 Å². The summed E-state index contributed by atoms with van der Waals surface area (Å²) < 4.78 is 17.9. The van der Waals surface area contributed by atoms with Gasteiger partial charge in [-0.25, -0.2) is 0 Å². The van der Waals surface area contributed by atoms with E-state index in [0.29, 0.717) is 5.41 Å². The number of rotatable bonds is 1. The van der Waals surface area contributed by atoms with Gasteiger partial charge >= 0.3 is 5.97 Å². The minimum absolute atomic E-state index is 0.103. The summed E-state index contributed by atoms with van der Waals surface area (Å²) in [5.41, 5.74) is 0.633. The Morgan fingerprint density at radius 3 is 2.37 bits per heavy atom. The second kappa shape index (κ2) is 6.19. The van der Waals surface area contributed by atoms with Crippen LogP contribution in [0.1, 0.15) is 78.6 Å². The summed E-state index contributed by atoms with van der Waals surface area (Å²) in [5.74, 6) is 2.74. The maximum atomic E-state index is 11.6. The average Bonchev–Trinajstić information content (AvgIpc) is 3.21. The first kappa shape index (κ1) is 18.4. The van der Waals surface area contributed by atoms with Gasteiger partial charge in [0.1, 0.15) is 6.10 Å². The van der Waals surface area contributed by atoms with E-state index in [1.165, 1.54) is 38.5 Å². The minimum Gasteiger partial charge on any atom is -0.462 e. The summed E-state index contributed by atoms with van der Waals surface area (Å²) in [6.45, 7) is 8.11. The molecule has 4 nitrogen and oxygen atoms in total. The molecule has 1 spiro atoms. The zero-order valence-electron chi connectivity index (χ0n) is 17.3. The molecule has 0 N–H and O–H groups in total. The average molecular weight is 377 g/mol. The molecule has 4 aliphatic carbocycles. The standard InChI is InChI=1S/C23H36O4/c1-15(24)27-20-7-6-18-17-5-4-16-14-23(25-12-13-26-23)11-10-21(16,2)19(17)8-9-22(18,20)3/h16-20H,4-14H2,1-3H3/t16-,17+,18+,19+,20+,21-,22-/m0/s1. The van der Waals surface area contributed by atoms with Crippen LogP contribution in [-0.4, -0.2) is 31.1 Å². The van der Waals surface area contributed by atoms with Gasteiger partial charge in [-0.2, -0.15) is 0 Å². The maximum absolute atomic E-state index is 11.6. The fourth-order valence-electron chi connectivity index (χ4n) is 8.30. The van der Waals surface area contributed by atoms with Gasteiger partial charge in [-0.3, -0.25) is 4.79 Å². The molecular weight excluding hydrogens is 340 g/mol. The molecule has 5 fully saturated rings. The van der Waals surface area contributed by atoms with Crippen LogP contribution in [0.4, 0.5) is 0 Å². The lowest BCUT2D eigenvalue weighted by atomic mass is 9.45. The van der Waals surface area contributed by atoms with Crippen molar-refractivity contribution in [3.63, 3.8) is 0 Å². The SMILES string of the molecule is CC(=O)O[C@@H]1CC[C@@H]2[C@H]3CC[C@H]4CC5(CC[C@]4(C)[C@@H]3CC[C@@]21C)OCCO5. The normalized spacial score (nSPS) is 50.7. The molecular formula is C23H36O4. The summed E-state index contributed by atoms with van der Waals surface area (Å²) >= 11 is 0. The Bertz CT molecular complexity index is 611. The predicted molar refractivity (Wildman–Crippen MR) is 102 cm³/mol.